The fourth-order valence-electron chi connectivity index (χ4n) is 3.80. The van der Waals surface area contributed by atoms with Crippen molar-refractivity contribution < 1.29 is 23.8 Å². The van der Waals surface area contributed by atoms with E-state index < -0.39 is 11.7 Å². The molecule has 0 aliphatic carbocycles. The Morgan fingerprint density at radius 2 is 1.62 bits per heavy atom. The van der Waals surface area contributed by atoms with Crippen LogP contribution in [0.3, 0.4) is 0 Å². The number of amides is 1. The molecule has 0 saturated heterocycles. The maximum absolute atomic E-state index is 11.8. The maximum Gasteiger partial charge on any atom is 0.407 e. The van der Waals surface area contributed by atoms with Crippen LogP contribution in [0.4, 0.5) is 33.6 Å². The van der Waals surface area contributed by atoms with E-state index in [4.69, 9.17) is 19.9 Å². The molecule has 3 rings (SSSR count). The Balaban J connectivity index is 1.44. The minimum absolute atomic E-state index is 0.175. The van der Waals surface area contributed by atoms with Gasteiger partial charge in [-0.2, -0.15) is 4.98 Å². The summed E-state index contributed by atoms with van der Waals surface area (Å²) in [5.74, 6) is 1.45. The van der Waals surface area contributed by atoms with E-state index in [9.17, 15) is 9.59 Å². The Hall–Kier alpha value is -4.54. The van der Waals surface area contributed by atoms with E-state index in [-0.39, 0.29) is 5.97 Å². The summed E-state index contributed by atoms with van der Waals surface area (Å²) in [6.07, 6.45) is 4.66. The number of anilines is 5. The molecule has 5 N–H and O–H groups in total. The Morgan fingerprint density at radius 3 is 2.31 bits per heavy atom. The third kappa shape index (κ3) is 11.9. The zero-order chi connectivity index (χ0) is 30.4. The zero-order valence-electron chi connectivity index (χ0n) is 24.9. The Bertz CT molecular complexity index is 1280. The number of carbonyl (C=O) groups excluding carboxylic acids is 2. The lowest BCUT2D eigenvalue weighted by atomic mass is 10.1. The lowest BCUT2D eigenvalue weighted by Gasteiger charge is -2.19. The summed E-state index contributed by atoms with van der Waals surface area (Å²) >= 11 is 0. The van der Waals surface area contributed by atoms with Gasteiger partial charge in [-0.1, -0.05) is 12.1 Å². The third-order valence-corrected chi connectivity index (χ3v) is 5.80. The molecular weight excluding hydrogens is 536 g/mol. The van der Waals surface area contributed by atoms with Crippen LogP contribution in [0.5, 0.6) is 5.75 Å². The number of aryl methyl sites for hydroxylation is 1. The van der Waals surface area contributed by atoms with Crippen LogP contribution < -0.4 is 26.4 Å². The Morgan fingerprint density at radius 1 is 0.929 bits per heavy atom. The minimum atomic E-state index is -0.506. The quantitative estimate of drug-likeness (QED) is 0.123. The van der Waals surface area contributed by atoms with E-state index in [1.54, 1.807) is 13.1 Å². The molecule has 0 saturated carbocycles. The summed E-state index contributed by atoms with van der Waals surface area (Å²) < 4.78 is 15.9. The molecule has 2 aromatic carbocycles. The molecule has 1 amide bonds. The molecule has 11 heteroatoms. The second-order valence-electron chi connectivity index (χ2n) is 10.6. The van der Waals surface area contributed by atoms with Crippen LogP contribution in [0.25, 0.3) is 0 Å². The lowest BCUT2D eigenvalue weighted by molar-refractivity contribution is -0.143. The molecule has 0 spiro atoms. The molecule has 0 unspecified atom stereocenters. The number of hydrogen-bond donors (Lipinski definition) is 4. The molecule has 1 aromatic heterocycles. The first-order valence-electron chi connectivity index (χ1n) is 14.2. The van der Waals surface area contributed by atoms with Crippen molar-refractivity contribution in [2.75, 3.05) is 36.1 Å². The van der Waals surface area contributed by atoms with Gasteiger partial charge < -0.3 is 35.9 Å². The number of benzene rings is 2. The van der Waals surface area contributed by atoms with Crippen molar-refractivity contribution in [2.24, 2.45) is 0 Å². The zero-order valence-corrected chi connectivity index (χ0v) is 24.9. The number of rotatable bonds is 15. The molecule has 42 heavy (non-hydrogen) atoms. The standard InChI is InChI=1S/C31H42N6O5/c1-5-40-27(38)10-6-7-20-41-25-17-15-23(16-18-25)35-28-26(32)21-34-29(37-28)36-24-13-11-22(12-14-24)9-8-19-33-30(39)42-31(2,3)4/h11-18,21H,5-10,19-20,32H2,1-4H3,(H,33,39)(H2,34,35,36,37). The van der Waals surface area contributed by atoms with E-state index in [0.29, 0.717) is 43.6 Å². The number of esters is 1. The van der Waals surface area contributed by atoms with E-state index >= 15 is 0 Å². The van der Waals surface area contributed by atoms with Gasteiger partial charge in [-0.15, -0.1) is 0 Å². The molecule has 3 aromatic rings. The number of ether oxygens (including phenoxy) is 3. The van der Waals surface area contributed by atoms with Crippen LogP contribution in [-0.2, 0) is 20.7 Å². The number of carbonyl (C=O) groups is 2. The SMILES string of the molecule is CCOC(=O)CCCCOc1ccc(Nc2nc(Nc3ccc(CCCNC(=O)OC(C)(C)C)cc3)ncc2N)cc1. The van der Waals surface area contributed by atoms with Gasteiger partial charge in [-0.25, -0.2) is 9.78 Å². The molecule has 0 fully saturated rings. The van der Waals surface area contributed by atoms with Crippen LogP contribution >= 0.6 is 0 Å². The topological polar surface area (TPSA) is 150 Å². The Labute approximate surface area is 247 Å². The van der Waals surface area contributed by atoms with Gasteiger partial charge in [-0.3, -0.25) is 4.79 Å². The third-order valence-electron chi connectivity index (χ3n) is 5.80. The molecule has 0 aliphatic rings. The smallest absolute Gasteiger partial charge is 0.407 e. The summed E-state index contributed by atoms with van der Waals surface area (Å²) in [4.78, 5) is 32.0. The first-order chi connectivity index (χ1) is 20.1. The van der Waals surface area contributed by atoms with Gasteiger partial charge in [0.05, 0.1) is 25.1 Å². The van der Waals surface area contributed by atoms with Crippen molar-refractivity contribution in [3.63, 3.8) is 0 Å². The van der Waals surface area contributed by atoms with Crippen molar-refractivity contribution >= 4 is 40.9 Å². The molecule has 226 valence electrons. The minimum Gasteiger partial charge on any atom is -0.494 e. The Kier molecular flexibility index (Phi) is 12.2. The summed E-state index contributed by atoms with van der Waals surface area (Å²) in [6, 6.07) is 15.4. The van der Waals surface area contributed by atoms with Gasteiger partial charge in [0.2, 0.25) is 5.95 Å². The normalized spacial score (nSPS) is 11.0. The number of unbranched alkanes of at least 4 members (excludes halogenated alkanes) is 1. The van der Waals surface area contributed by atoms with Crippen molar-refractivity contribution in [3.8, 4) is 5.75 Å². The number of nitrogens with two attached hydrogens (primary N) is 1. The van der Waals surface area contributed by atoms with Crippen molar-refractivity contribution in [1.82, 2.24) is 15.3 Å². The first kappa shape index (κ1) is 32.0. The number of nitrogens with zero attached hydrogens (tertiary/aromatic N) is 2. The van der Waals surface area contributed by atoms with Gasteiger partial charge in [0, 0.05) is 24.3 Å². The highest BCUT2D eigenvalue weighted by Crippen LogP contribution is 2.25. The van der Waals surface area contributed by atoms with Crippen molar-refractivity contribution in [1.29, 1.82) is 0 Å². The van der Waals surface area contributed by atoms with Gasteiger partial charge in [0.1, 0.15) is 11.4 Å². The van der Waals surface area contributed by atoms with Crippen molar-refractivity contribution in [3.05, 3.63) is 60.3 Å². The van der Waals surface area contributed by atoms with E-state index in [2.05, 4.69) is 25.9 Å². The number of nitrogen functional groups attached to an aromatic ring is 1. The number of hydrogen-bond acceptors (Lipinski definition) is 10. The van der Waals surface area contributed by atoms with Crippen LogP contribution in [0.15, 0.2) is 54.7 Å². The molecular formula is C31H42N6O5. The van der Waals surface area contributed by atoms with Crippen LogP contribution in [0.2, 0.25) is 0 Å². The monoisotopic (exact) mass is 578 g/mol. The maximum atomic E-state index is 11.8. The van der Waals surface area contributed by atoms with Crippen LogP contribution in [0.1, 0.15) is 58.9 Å². The fraction of sp³-hybridized carbons (Fsp3) is 0.419. The molecule has 0 radical (unpaired) electrons. The highest BCUT2D eigenvalue weighted by atomic mass is 16.6. The summed E-state index contributed by atoms with van der Waals surface area (Å²) in [5, 5.41) is 9.20. The molecule has 0 atom stereocenters. The van der Waals surface area contributed by atoms with Gasteiger partial charge in [0.15, 0.2) is 5.82 Å². The van der Waals surface area contributed by atoms with E-state index in [1.807, 2.05) is 69.3 Å². The molecule has 0 bridgehead atoms. The van der Waals surface area contributed by atoms with E-state index in [1.165, 1.54) is 0 Å². The summed E-state index contributed by atoms with van der Waals surface area (Å²) in [5.41, 5.74) is 8.81. The lowest BCUT2D eigenvalue weighted by Crippen LogP contribution is -2.33. The number of alkyl carbamates (subject to hydrolysis) is 1. The summed E-state index contributed by atoms with van der Waals surface area (Å²) in [7, 11) is 0. The molecule has 11 nitrogen and oxygen atoms in total. The molecule has 1 heterocycles. The second-order valence-corrected chi connectivity index (χ2v) is 10.6. The predicted octanol–water partition coefficient (Wildman–Crippen LogP) is 6.12. The number of nitrogens with one attached hydrogen (secondary N) is 3. The van der Waals surface area contributed by atoms with Crippen LogP contribution in [-0.4, -0.2) is 47.4 Å². The van der Waals surface area contributed by atoms with Gasteiger partial charge >= 0.3 is 12.1 Å². The van der Waals surface area contributed by atoms with Gasteiger partial charge in [-0.05, 0) is 95.3 Å². The summed E-state index contributed by atoms with van der Waals surface area (Å²) in [6.45, 7) is 8.78. The average Bonchev–Trinajstić information content (AvgIpc) is 2.94. The highest BCUT2D eigenvalue weighted by Gasteiger charge is 2.15. The van der Waals surface area contributed by atoms with Crippen molar-refractivity contribution in [2.45, 2.75) is 65.4 Å². The van der Waals surface area contributed by atoms with E-state index in [0.717, 1.165) is 48.4 Å². The van der Waals surface area contributed by atoms with Gasteiger partial charge in [0.25, 0.3) is 0 Å². The largest absolute Gasteiger partial charge is 0.494 e. The highest BCUT2D eigenvalue weighted by molar-refractivity contribution is 5.70. The predicted molar refractivity (Wildman–Crippen MR) is 164 cm³/mol. The second kappa shape index (κ2) is 16.0. The average molecular weight is 579 g/mol. The number of aromatic nitrogens is 2. The van der Waals surface area contributed by atoms with Crippen LogP contribution in [0, 0.1) is 0 Å². The fourth-order valence-corrected chi connectivity index (χ4v) is 3.80. The first-order valence-corrected chi connectivity index (χ1v) is 14.2. The molecule has 0 aliphatic heterocycles.